The van der Waals surface area contributed by atoms with Crippen LogP contribution in [0.5, 0.6) is 0 Å². The van der Waals surface area contributed by atoms with Crippen molar-refractivity contribution >= 4 is 27.4 Å². The molecule has 2 heterocycles. The molecule has 7 heteroatoms. The van der Waals surface area contributed by atoms with Gasteiger partial charge < -0.3 is 15.3 Å². The molecule has 3 rings (SSSR count). The molecule has 1 aliphatic carbocycles. The lowest BCUT2D eigenvalue weighted by atomic mass is 10.1. The van der Waals surface area contributed by atoms with Gasteiger partial charge in [0, 0.05) is 18.0 Å². The summed E-state index contributed by atoms with van der Waals surface area (Å²) in [4.78, 5) is 12.0. The Hall–Kier alpha value is -1.31. The highest BCUT2D eigenvalue weighted by molar-refractivity contribution is 7.18. The first-order valence-corrected chi connectivity index (χ1v) is 7.83. The number of nitrogens with zero attached hydrogens (tertiary/aromatic N) is 3. The fourth-order valence-corrected chi connectivity index (χ4v) is 3.88. The summed E-state index contributed by atoms with van der Waals surface area (Å²) in [6.45, 7) is -0.488. The Morgan fingerprint density at radius 3 is 2.95 bits per heavy atom. The highest BCUT2D eigenvalue weighted by atomic mass is 32.1. The summed E-state index contributed by atoms with van der Waals surface area (Å²) in [6.07, 6.45) is 2.71. The van der Waals surface area contributed by atoms with E-state index in [1.807, 2.05) is 25.1 Å². The molecule has 0 bridgehead atoms. The minimum atomic E-state index is -0.488. The molecule has 2 aromatic rings. The Morgan fingerprint density at radius 2 is 2.29 bits per heavy atom. The van der Waals surface area contributed by atoms with Gasteiger partial charge in [0.05, 0.1) is 17.5 Å². The highest BCUT2D eigenvalue weighted by Crippen LogP contribution is 2.34. The van der Waals surface area contributed by atoms with Gasteiger partial charge in [-0.15, -0.1) is 11.3 Å². The molecule has 21 heavy (non-hydrogen) atoms. The van der Waals surface area contributed by atoms with Crippen LogP contribution in [0.15, 0.2) is 12.4 Å². The van der Waals surface area contributed by atoms with Crippen LogP contribution in [0.3, 0.4) is 0 Å². The van der Waals surface area contributed by atoms with Crippen molar-refractivity contribution < 1.29 is 9.50 Å². The topological polar surface area (TPSA) is 61.3 Å². The van der Waals surface area contributed by atoms with Crippen molar-refractivity contribution in [1.82, 2.24) is 15.3 Å². The second kappa shape index (κ2) is 5.82. The molecule has 0 spiro atoms. The van der Waals surface area contributed by atoms with Gasteiger partial charge in [0.25, 0.3) is 0 Å². The van der Waals surface area contributed by atoms with Gasteiger partial charge in [0.1, 0.15) is 23.7 Å². The number of likely N-dealkylation sites (N-methyl/N-ethyl adjacent to an activating group) is 1. The van der Waals surface area contributed by atoms with Crippen molar-refractivity contribution in [2.45, 2.75) is 37.7 Å². The normalized spacial score (nSPS) is 25.6. The van der Waals surface area contributed by atoms with Gasteiger partial charge in [-0.25, -0.2) is 14.4 Å². The van der Waals surface area contributed by atoms with Gasteiger partial charge in [-0.05, 0) is 26.0 Å². The van der Waals surface area contributed by atoms with Crippen LogP contribution in [-0.4, -0.2) is 47.4 Å². The van der Waals surface area contributed by atoms with E-state index in [9.17, 15) is 9.50 Å². The van der Waals surface area contributed by atoms with E-state index in [4.69, 9.17) is 0 Å². The van der Waals surface area contributed by atoms with Crippen molar-refractivity contribution in [1.29, 1.82) is 0 Å². The van der Waals surface area contributed by atoms with Crippen LogP contribution in [0.2, 0.25) is 0 Å². The average Bonchev–Trinajstić information content (AvgIpc) is 3.08. The fraction of sp³-hybridized carbons (Fsp3) is 0.571. The van der Waals surface area contributed by atoms with E-state index in [0.29, 0.717) is 10.9 Å². The predicted molar refractivity (Wildman–Crippen MR) is 82.5 cm³/mol. The maximum Gasteiger partial charge on any atom is 0.140 e. The Kier molecular flexibility index (Phi) is 4.05. The molecule has 0 aromatic carbocycles. The van der Waals surface area contributed by atoms with Gasteiger partial charge in [-0.1, -0.05) is 0 Å². The van der Waals surface area contributed by atoms with E-state index in [2.05, 4.69) is 15.3 Å². The molecule has 2 aromatic heterocycles. The third-order valence-corrected chi connectivity index (χ3v) is 5.23. The molecule has 1 aliphatic rings. The van der Waals surface area contributed by atoms with Gasteiger partial charge >= 0.3 is 0 Å². The molecular weight excluding hydrogens is 291 g/mol. The number of nitrogens with one attached hydrogen (secondary N) is 1. The lowest BCUT2D eigenvalue weighted by Crippen LogP contribution is -2.38. The SMILES string of the molecule is CNC1CC(O)C(N(C)c2ncnc3sc(CF)cc23)C1. The second-order valence-corrected chi connectivity index (χ2v) is 6.58. The minimum Gasteiger partial charge on any atom is -0.391 e. The number of hydrogen-bond acceptors (Lipinski definition) is 6. The van der Waals surface area contributed by atoms with Gasteiger partial charge in [0.2, 0.25) is 0 Å². The number of aliphatic hydroxyl groups is 1. The van der Waals surface area contributed by atoms with E-state index in [0.717, 1.165) is 28.9 Å². The Bertz CT molecular complexity index is 634. The zero-order valence-electron chi connectivity index (χ0n) is 12.1. The molecule has 5 nitrogen and oxygen atoms in total. The largest absolute Gasteiger partial charge is 0.391 e. The molecule has 1 fully saturated rings. The maximum atomic E-state index is 12.9. The zero-order valence-corrected chi connectivity index (χ0v) is 12.9. The van der Waals surface area contributed by atoms with E-state index in [1.165, 1.54) is 17.7 Å². The third kappa shape index (κ3) is 2.61. The second-order valence-electron chi connectivity index (χ2n) is 5.47. The molecule has 0 saturated heterocycles. The average molecular weight is 310 g/mol. The minimum absolute atomic E-state index is 0.00859. The summed E-state index contributed by atoms with van der Waals surface area (Å²) >= 11 is 1.35. The van der Waals surface area contributed by atoms with E-state index in [-0.39, 0.29) is 6.04 Å². The van der Waals surface area contributed by atoms with Gasteiger partial charge in [0.15, 0.2) is 0 Å². The highest BCUT2D eigenvalue weighted by Gasteiger charge is 2.35. The number of halogens is 1. The number of aliphatic hydroxyl groups excluding tert-OH is 1. The lowest BCUT2D eigenvalue weighted by molar-refractivity contribution is 0.161. The van der Waals surface area contributed by atoms with Crippen LogP contribution in [0.4, 0.5) is 10.2 Å². The number of alkyl halides is 1. The summed E-state index contributed by atoms with van der Waals surface area (Å²) in [5.41, 5.74) is 0. The summed E-state index contributed by atoms with van der Waals surface area (Å²) in [5.74, 6) is 0.761. The lowest BCUT2D eigenvalue weighted by Gasteiger charge is -2.28. The van der Waals surface area contributed by atoms with Crippen LogP contribution in [0.1, 0.15) is 17.7 Å². The number of thiophene rings is 1. The standard InChI is InChI=1S/C14H19FN4OS/c1-16-8-3-11(12(20)4-8)19(2)13-10-5-9(6-15)21-14(10)18-7-17-13/h5,7-8,11-12,16,20H,3-4,6H2,1-2H3. The number of hydrogen-bond donors (Lipinski definition) is 2. The zero-order chi connectivity index (χ0) is 15.0. The molecule has 2 N–H and O–H groups in total. The first kappa shape index (κ1) is 14.6. The van der Waals surface area contributed by atoms with Crippen molar-refractivity contribution in [3.05, 3.63) is 17.3 Å². The number of fused-ring (bicyclic) bond motifs is 1. The fourth-order valence-electron chi connectivity index (χ4n) is 3.04. The molecule has 114 valence electrons. The Balaban J connectivity index is 1.94. The molecule has 0 aliphatic heterocycles. The predicted octanol–water partition coefficient (Wildman–Crippen LogP) is 1.71. The first-order valence-electron chi connectivity index (χ1n) is 7.01. The van der Waals surface area contributed by atoms with Crippen LogP contribution < -0.4 is 10.2 Å². The quantitative estimate of drug-likeness (QED) is 0.900. The monoisotopic (exact) mass is 310 g/mol. The van der Waals surface area contributed by atoms with Crippen molar-refractivity contribution in [3.8, 4) is 0 Å². The Labute approximate surface area is 126 Å². The maximum absolute atomic E-state index is 12.9. The smallest absolute Gasteiger partial charge is 0.140 e. The van der Waals surface area contributed by atoms with Gasteiger partial charge in [-0.2, -0.15) is 0 Å². The Morgan fingerprint density at radius 1 is 1.48 bits per heavy atom. The van der Waals surface area contributed by atoms with Crippen molar-refractivity contribution in [2.75, 3.05) is 19.0 Å². The molecule has 3 unspecified atom stereocenters. The summed E-state index contributed by atoms with van der Waals surface area (Å²) in [6, 6.07) is 2.13. The molecule has 0 amide bonds. The molecule has 0 radical (unpaired) electrons. The van der Waals surface area contributed by atoms with Crippen LogP contribution in [0, 0.1) is 0 Å². The number of rotatable bonds is 4. The van der Waals surface area contributed by atoms with E-state index < -0.39 is 12.8 Å². The van der Waals surface area contributed by atoms with Crippen molar-refractivity contribution in [3.63, 3.8) is 0 Å². The van der Waals surface area contributed by atoms with Crippen LogP contribution in [0.25, 0.3) is 10.2 Å². The summed E-state index contributed by atoms with van der Waals surface area (Å²) in [7, 11) is 3.84. The molecule has 1 saturated carbocycles. The summed E-state index contributed by atoms with van der Waals surface area (Å²) in [5, 5.41) is 14.3. The first-order chi connectivity index (χ1) is 10.1. The van der Waals surface area contributed by atoms with Crippen LogP contribution in [-0.2, 0) is 6.67 Å². The van der Waals surface area contributed by atoms with Gasteiger partial charge in [-0.3, -0.25) is 0 Å². The van der Waals surface area contributed by atoms with Crippen LogP contribution >= 0.6 is 11.3 Å². The summed E-state index contributed by atoms with van der Waals surface area (Å²) < 4.78 is 12.9. The number of aromatic nitrogens is 2. The van der Waals surface area contributed by atoms with E-state index >= 15 is 0 Å². The van der Waals surface area contributed by atoms with Crippen molar-refractivity contribution in [2.24, 2.45) is 0 Å². The molecular formula is C14H19FN4OS. The van der Waals surface area contributed by atoms with E-state index in [1.54, 1.807) is 0 Å². The number of anilines is 1. The third-order valence-electron chi connectivity index (χ3n) is 4.23. The molecule has 3 atom stereocenters.